The van der Waals surface area contributed by atoms with E-state index in [1.165, 1.54) is 16.6 Å². The van der Waals surface area contributed by atoms with Crippen LogP contribution >= 0.6 is 0 Å². The fourth-order valence-electron chi connectivity index (χ4n) is 2.99. The first-order valence-electron chi connectivity index (χ1n) is 9.24. The number of nitrogens with zero attached hydrogens (tertiary/aromatic N) is 2. The zero-order valence-electron chi connectivity index (χ0n) is 17.0. The molecular formula is C20H28N4O4. The van der Waals surface area contributed by atoms with Crippen molar-refractivity contribution in [2.24, 2.45) is 11.8 Å². The lowest BCUT2D eigenvalue weighted by Gasteiger charge is -2.27. The summed E-state index contributed by atoms with van der Waals surface area (Å²) in [7, 11) is 1.48. The van der Waals surface area contributed by atoms with E-state index in [1.807, 2.05) is 27.7 Å². The fourth-order valence-corrected chi connectivity index (χ4v) is 2.99. The number of nitrogen functional groups attached to an aromatic ring is 1. The largest absolute Gasteiger partial charge is 0.496 e. The second-order valence-corrected chi connectivity index (χ2v) is 7.51. The van der Waals surface area contributed by atoms with Crippen LogP contribution in [0.15, 0.2) is 33.9 Å². The van der Waals surface area contributed by atoms with Crippen molar-refractivity contribution in [3.05, 3.63) is 50.7 Å². The van der Waals surface area contributed by atoms with Crippen LogP contribution in [0.5, 0.6) is 5.75 Å². The maximum absolute atomic E-state index is 13.3. The molecule has 0 unspecified atom stereocenters. The quantitative estimate of drug-likeness (QED) is 0.754. The Labute approximate surface area is 163 Å². The lowest BCUT2D eigenvalue weighted by molar-refractivity contribution is 0.0980. The number of methoxy groups -OCH3 is 1. The molecule has 0 bridgehead atoms. The minimum Gasteiger partial charge on any atom is -0.496 e. The van der Waals surface area contributed by atoms with Gasteiger partial charge in [-0.25, -0.2) is 4.79 Å². The van der Waals surface area contributed by atoms with Crippen molar-refractivity contribution in [2.45, 2.75) is 34.2 Å². The van der Waals surface area contributed by atoms with Gasteiger partial charge < -0.3 is 15.4 Å². The summed E-state index contributed by atoms with van der Waals surface area (Å²) in [5, 5.41) is 0. The van der Waals surface area contributed by atoms with Crippen LogP contribution < -0.4 is 26.6 Å². The van der Waals surface area contributed by atoms with Gasteiger partial charge in [0.2, 0.25) is 0 Å². The van der Waals surface area contributed by atoms with Gasteiger partial charge in [0, 0.05) is 13.1 Å². The minimum absolute atomic E-state index is 0.0219. The van der Waals surface area contributed by atoms with Crippen molar-refractivity contribution < 1.29 is 9.53 Å². The molecule has 2 rings (SSSR count). The van der Waals surface area contributed by atoms with Gasteiger partial charge in [-0.15, -0.1) is 0 Å². The first-order valence-corrected chi connectivity index (χ1v) is 9.24. The van der Waals surface area contributed by atoms with Gasteiger partial charge >= 0.3 is 5.69 Å². The number of rotatable bonds is 7. The molecule has 0 aliphatic carbocycles. The van der Waals surface area contributed by atoms with E-state index >= 15 is 0 Å². The second kappa shape index (κ2) is 8.77. The van der Waals surface area contributed by atoms with E-state index in [9.17, 15) is 14.4 Å². The maximum Gasteiger partial charge on any atom is 0.330 e. The predicted molar refractivity (Wildman–Crippen MR) is 110 cm³/mol. The van der Waals surface area contributed by atoms with Gasteiger partial charge in [-0.05, 0) is 24.0 Å². The highest BCUT2D eigenvalue weighted by Gasteiger charge is 2.27. The van der Waals surface area contributed by atoms with Crippen LogP contribution in [0.4, 0.5) is 11.5 Å². The molecule has 8 heteroatoms. The third kappa shape index (κ3) is 4.44. The van der Waals surface area contributed by atoms with Crippen LogP contribution in [-0.4, -0.2) is 29.1 Å². The fraction of sp³-hybridized carbons (Fsp3) is 0.450. The number of anilines is 2. The van der Waals surface area contributed by atoms with E-state index in [1.54, 1.807) is 24.3 Å². The van der Waals surface area contributed by atoms with Crippen LogP contribution in [-0.2, 0) is 6.54 Å². The van der Waals surface area contributed by atoms with Gasteiger partial charge in [0.05, 0.1) is 12.7 Å². The van der Waals surface area contributed by atoms with Gasteiger partial charge in [0.15, 0.2) is 5.69 Å². The average Bonchev–Trinajstić information content (AvgIpc) is 2.63. The SMILES string of the molecule is COc1ccccc1C(=O)N(CC(C)C)c1c(N)n(CC(C)C)c(=O)[nH]c1=O. The molecule has 8 nitrogen and oxygen atoms in total. The van der Waals surface area contributed by atoms with E-state index < -0.39 is 17.2 Å². The molecule has 0 aliphatic rings. The number of aromatic nitrogens is 2. The summed E-state index contributed by atoms with van der Waals surface area (Å²) in [5.74, 6) is 0.140. The van der Waals surface area contributed by atoms with Crippen molar-refractivity contribution in [1.29, 1.82) is 0 Å². The van der Waals surface area contributed by atoms with Gasteiger partial charge in [0.25, 0.3) is 11.5 Å². The molecule has 0 aliphatic heterocycles. The van der Waals surface area contributed by atoms with E-state index in [0.29, 0.717) is 17.9 Å². The summed E-state index contributed by atoms with van der Waals surface area (Å²) in [6.07, 6.45) is 0. The Morgan fingerprint density at radius 3 is 2.39 bits per heavy atom. The minimum atomic E-state index is -0.689. The average molecular weight is 388 g/mol. The summed E-state index contributed by atoms with van der Waals surface area (Å²) in [5.41, 5.74) is 5.22. The van der Waals surface area contributed by atoms with Gasteiger partial charge in [0.1, 0.15) is 11.6 Å². The molecule has 0 saturated carbocycles. The van der Waals surface area contributed by atoms with Gasteiger partial charge in [-0.3, -0.25) is 19.1 Å². The number of amides is 1. The highest BCUT2D eigenvalue weighted by Crippen LogP contribution is 2.25. The lowest BCUT2D eigenvalue weighted by Crippen LogP contribution is -2.43. The van der Waals surface area contributed by atoms with E-state index in [-0.39, 0.29) is 29.9 Å². The smallest absolute Gasteiger partial charge is 0.330 e. The predicted octanol–water partition coefficient (Wildman–Crippen LogP) is 2.09. The highest BCUT2D eigenvalue weighted by atomic mass is 16.5. The third-order valence-corrected chi connectivity index (χ3v) is 4.16. The standard InChI is InChI=1S/C20H28N4O4/c1-12(2)10-23(19(26)14-8-6-7-9-15(14)28-5)16-17(21)24(11-13(3)4)20(27)22-18(16)25/h6-9,12-13H,10-11,21H2,1-5H3,(H,22,25,27). The Kier molecular flexibility index (Phi) is 6.66. The molecule has 1 aromatic heterocycles. The molecule has 0 saturated heterocycles. The maximum atomic E-state index is 13.3. The Morgan fingerprint density at radius 1 is 1.18 bits per heavy atom. The number of aromatic amines is 1. The van der Waals surface area contributed by atoms with Crippen LogP contribution in [0.2, 0.25) is 0 Å². The number of hydrogen-bond donors (Lipinski definition) is 2. The summed E-state index contributed by atoms with van der Waals surface area (Å²) in [6.45, 7) is 8.30. The molecule has 2 aromatic rings. The lowest BCUT2D eigenvalue weighted by atomic mass is 10.1. The third-order valence-electron chi connectivity index (χ3n) is 4.16. The van der Waals surface area contributed by atoms with Crippen LogP contribution in [0.25, 0.3) is 0 Å². The Morgan fingerprint density at radius 2 is 1.82 bits per heavy atom. The molecule has 3 N–H and O–H groups in total. The number of carbonyl (C=O) groups is 1. The summed E-state index contributed by atoms with van der Waals surface area (Å²) < 4.78 is 6.59. The second-order valence-electron chi connectivity index (χ2n) is 7.51. The number of carbonyl (C=O) groups excluding carboxylic acids is 1. The number of nitrogens with two attached hydrogens (primary N) is 1. The normalized spacial score (nSPS) is 11.1. The Hall–Kier alpha value is -3.03. The van der Waals surface area contributed by atoms with Crippen molar-refractivity contribution >= 4 is 17.4 Å². The monoisotopic (exact) mass is 388 g/mol. The molecule has 0 radical (unpaired) electrons. The van der Waals surface area contributed by atoms with E-state index in [0.717, 1.165) is 0 Å². The number of nitrogens with one attached hydrogen (secondary N) is 1. The molecule has 0 atom stereocenters. The molecule has 1 heterocycles. The topological polar surface area (TPSA) is 110 Å². The van der Waals surface area contributed by atoms with Crippen LogP contribution in [0.3, 0.4) is 0 Å². The van der Waals surface area contributed by atoms with Crippen LogP contribution in [0, 0.1) is 11.8 Å². The van der Waals surface area contributed by atoms with Gasteiger partial charge in [-0.1, -0.05) is 39.8 Å². The zero-order chi connectivity index (χ0) is 21.0. The van der Waals surface area contributed by atoms with E-state index in [2.05, 4.69) is 4.98 Å². The summed E-state index contributed by atoms with van der Waals surface area (Å²) in [4.78, 5) is 41.8. The number of H-pyrrole nitrogens is 1. The van der Waals surface area contributed by atoms with Crippen molar-refractivity contribution in [3.63, 3.8) is 0 Å². The Balaban J connectivity index is 2.68. The highest BCUT2D eigenvalue weighted by molar-refractivity contribution is 6.08. The molecule has 152 valence electrons. The molecule has 1 aromatic carbocycles. The number of benzene rings is 1. The van der Waals surface area contributed by atoms with Gasteiger partial charge in [-0.2, -0.15) is 0 Å². The number of ether oxygens (including phenoxy) is 1. The zero-order valence-corrected chi connectivity index (χ0v) is 17.0. The van der Waals surface area contributed by atoms with Crippen molar-refractivity contribution in [1.82, 2.24) is 9.55 Å². The number of para-hydroxylation sites is 1. The first-order chi connectivity index (χ1) is 13.2. The van der Waals surface area contributed by atoms with Crippen molar-refractivity contribution in [2.75, 3.05) is 24.3 Å². The molecule has 0 spiro atoms. The summed E-state index contributed by atoms with van der Waals surface area (Å²) >= 11 is 0. The Bertz CT molecular complexity index is 959. The number of hydrogen-bond acceptors (Lipinski definition) is 5. The first kappa shape index (κ1) is 21.3. The van der Waals surface area contributed by atoms with E-state index in [4.69, 9.17) is 10.5 Å². The molecular weight excluding hydrogens is 360 g/mol. The molecule has 28 heavy (non-hydrogen) atoms. The van der Waals surface area contributed by atoms with Crippen LogP contribution in [0.1, 0.15) is 38.1 Å². The summed E-state index contributed by atoms with van der Waals surface area (Å²) in [6, 6.07) is 6.78. The molecule has 1 amide bonds. The van der Waals surface area contributed by atoms with Crippen molar-refractivity contribution in [3.8, 4) is 5.75 Å². The molecule has 0 fully saturated rings.